The van der Waals surface area contributed by atoms with Crippen LogP contribution in [-0.2, 0) is 13.5 Å². The predicted octanol–water partition coefficient (Wildman–Crippen LogP) is 2.99. The van der Waals surface area contributed by atoms with E-state index in [1.807, 2.05) is 29.9 Å². The number of ketones is 1. The van der Waals surface area contributed by atoms with Crippen LogP contribution in [0.5, 0.6) is 0 Å². The Kier molecular flexibility index (Phi) is 3.74. The number of anilines is 1. The molecule has 0 saturated heterocycles. The van der Waals surface area contributed by atoms with Gasteiger partial charge in [-0.15, -0.1) is 0 Å². The molecule has 0 bridgehead atoms. The van der Waals surface area contributed by atoms with Gasteiger partial charge >= 0.3 is 0 Å². The lowest BCUT2D eigenvalue weighted by Crippen LogP contribution is -2.27. The third-order valence-corrected chi connectivity index (χ3v) is 4.71. The standard InChI is InChI=1S/C19H23N3O2/c1-19(2)8-13-14(10-22(4)17(13)16(23)9-19)11-5-6-12(18(20)24)15(7-11)21-3/h5-7,10,21H,8-9H2,1-4H3,(H2,20,24). The zero-order valence-electron chi connectivity index (χ0n) is 14.6. The maximum Gasteiger partial charge on any atom is 0.250 e. The lowest BCUT2D eigenvalue weighted by atomic mass is 9.74. The molecule has 1 aromatic heterocycles. The summed E-state index contributed by atoms with van der Waals surface area (Å²) in [6.45, 7) is 4.25. The molecule has 0 atom stereocenters. The van der Waals surface area contributed by atoms with Gasteiger partial charge in [-0.1, -0.05) is 19.9 Å². The van der Waals surface area contributed by atoms with E-state index in [4.69, 9.17) is 5.73 Å². The summed E-state index contributed by atoms with van der Waals surface area (Å²) in [5, 5.41) is 3.02. The number of aryl methyl sites for hydroxylation is 1. The number of rotatable bonds is 3. The van der Waals surface area contributed by atoms with Gasteiger partial charge < -0.3 is 15.6 Å². The van der Waals surface area contributed by atoms with Crippen molar-refractivity contribution < 1.29 is 9.59 Å². The van der Waals surface area contributed by atoms with Crippen molar-refractivity contribution in [1.82, 2.24) is 4.57 Å². The molecule has 0 spiro atoms. The van der Waals surface area contributed by atoms with Gasteiger partial charge in [0.05, 0.1) is 11.3 Å². The lowest BCUT2D eigenvalue weighted by Gasteiger charge is -2.29. The number of fused-ring (bicyclic) bond motifs is 1. The molecule has 24 heavy (non-hydrogen) atoms. The number of hydrogen-bond acceptors (Lipinski definition) is 3. The Morgan fingerprint density at radius 3 is 2.62 bits per heavy atom. The van der Waals surface area contributed by atoms with Gasteiger partial charge in [0.1, 0.15) is 0 Å². The Labute approximate surface area is 141 Å². The number of carbonyl (C=O) groups is 2. The summed E-state index contributed by atoms with van der Waals surface area (Å²) >= 11 is 0. The first-order valence-corrected chi connectivity index (χ1v) is 8.07. The molecule has 3 rings (SSSR count). The van der Waals surface area contributed by atoms with Crippen LogP contribution in [0.2, 0.25) is 0 Å². The highest BCUT2D eigenvalue weighted by atomic mass is 16.1. The number of aromatic nitrogens is 1. The summed E-state index contributed by atoms with van der Waals surface area (Å²) in [4.78, 5) is 24.1. The monoisotopic (exact) mass is 325 g/mol. The van der Waals surface area contributed by atoms with Crippen LogP contribution < -0.4 is 11.1 Å². The minimum absolute atomic E-state index is 0.0425. The number of carbonyl (C=O) groups excluding carboxylic acids is 2. The van der Waals surface area contributed by atoms with Gasteiger partial charge in [-0.25, -0.2) is 0 Å². The van der Waals surface area contributed by atoms with E-state index in [-0.39, 0.29) is 11.2 Å². The maximum absolute atomic E-state index is 12.5. The molecular formula is C19H23N3O2. The van der Waals surface area contributed by atoms with E-state index in [0.29, 0.717) is 17.7 Å². The Hall–Kier alpha value is -2.56. The van der Waals surface area contributed by atoms with Crippen LogP contribution >= 0.6 is 0 Å². The summed E-state index contributed by atoms with van der Waals surface area (Å²) < 4.78 is 1.92. The van der Waals surface area contributed by atoms with Gasteiger partial charge in [0, 0.05) is 38.0 Å². The minimum atomic E-state index is -0.461. The van der Waals surface area contributed by atoms with Crippen molar-refractivity contribution in [2.75, 3.05) is 12.4 Å². The number of nitrogens with two attached hydrogens (primary N) is 1. The molecule has 126 valence electrons. The Morgan fingerprint density at radius 2 is 2.00 bits per heavy atom. The zero-order valence-corrected chi connectivity index (χ0v) is 14.6. The Morgan fingerprint density at radius 1 is 1.29 bits per heavy atom. The van der Waals surface area contributed by atoms with E-state index in [1.54, 1.807) is 13.1 Å². The van der Waals surface area contributed by atoms with E-state index < -0.39 is 5.91 Å². The van der Waals surface area contributed by atoms with Gasteiger partial charge in [0.2, 0.25) is 0 Å². The molecule has 0 radical (unpaired) electrons. The van der Waals surface area contributed by atoms with Gasteiger partial charge in [0.15, 0.2) is 5.78 Å². The zero-order chi connectivity index (χ0) is 17.6. The van der Waals surface area contributed by atoms with Crippen molar-refractivity contribution in [3.63, 3.8) is 0 Å². The Bertz CT molecular complexity index is 847. The third kappa shape index (κ3) is 2.60. The van der Waals surface area contributed by atoms with Crippen molar-refractivity contribution in [2.24, 2.45) is 18.2 Å². The Balaban J connectivity index is 2.17. The summed E-state index contributed by atoms with van der Waals surface area (Å²) in [6, 6.07) is 5.54. The van der Waals surface area contributed by atoms with Crippen molar-refractivity contribution in [1.29, 1.82) is 0 Å². The molecule has 0 aliphatic heterocycles. The third-order valence-electron chi connectivity index (χ3n) is 4.71. The minimum Gasteiger partial charge on any atom is -0.387 e. The van der Waals surface area contributed by atoms with E-state index in [1.165, 1.54) is 0 Å². The van der Waals surface area contributed by atoms with Gasteiger partial charge in [-0.05, 0) is 35.1 Å². The SMILES string of the molecule is CNc1cc(-c2cn(C)c3c2CC(C)(C)CC3=O)ccc1C(N)=O. The van der Waals surface area contributed by atoms with E-state index in [2.05, 4.69) is 19.2 Å². The molecule has 0 saturated carbocycles. The van der Waals surface area contributed by atoms with Crippen molar-refractivity contribution in [2.45, 2.75) is 26.7 Å². The van der Waals surface area contributed by atoms with Crippen LogP contribution in [0.1, 0.15) is 46.7 Å². The molecular weight excluding hydrogens is 302 g/mol. The highest BCUT2D eigenvalue weighted by molar-refractivity contribution is 6.01. The quantitative estimate of drug-likeness (QED) is 0.911. The number of nitrogens with one attached hydrogen (secondary N) is 1. The van der Waals surface area contributed by atoms with E-state index in [9.17, 15) is 9.59 Å². The van der Waals surface area contributed by atoms with E-state index >= 15 is 0 Å². The number of primary amides is 1. The highest BCUT2D eigenvalue weighted by Gasteiger charge is 2.35. The molecule has 1 aliphatic rings. The number of amides is 1. The lowest BCUT2D eigenvalue weighted by molar-refractivity contribution is 0.0903. The summed E-state index contributed by atoms with van der Waals surface area (Å²) in [5.41, 5.74) is 10.4. The van der Waals surface area contributed by atoms with Crippen LogP contribution in [-0.4, -0.2) is 23.3 Å². The molecule has 1 heterocycles. The number of hydrogen-bond donors (Lipinski definition) is 2. The second-order valence-electron chi connectivity index (χ2n) is 7.30. The second-order valence-corrected chi connectivity index (χ2v) is 7.30. The molecule has 5 nitrogen and oxygen atoms in total. The molecule has 0 fully saturated rings. The van der Waals surface area contributed by atoms with Crippen molar-refractivity contribution in [3.8, 4) is 11.1 Å². The largest absolute Gasteiger partial charge is 0.387 e. The maximum atomic E-state index is 12.5. The van der Waals surface area contributed by atoms with Crippen LogP contribution in [0.4, 0.5) is 5.69 Å². The summed E-state index contributed by atoms with van der Waals surface area (Å²) in [7, 11) is 3.67. The molecule has 3 N–H and O–H groups in total. The fourth-order valence-electron chi connectivity index (χ4n) is 3.66. The number of nitrogens with zero attached hydrogens (tertiary/aromatic N) is 1. The average molecular weight is 325 g/mol. The molecule has 1 aromatic carbocycles. The predicted molar refractivity (Wildman–Crippen MR) is 95.3 cm³/mol. The second kappa shape index (κ2) is 5.51. The van der Waals surface area contributed by atoms with Crippen molar-refractivity contribution in [3.05, 3.63) is 41.2 Å². The fraction of sp³-hybridized carbons (Fsp3) is 0.368. The molecule has 5 heteroatoms. The number of Topliss-reactive ketones (excluding diaryl/α,β-unsaturated/α-hetero) is 1. The van der Waals surface area contributed by atoms with Crippen LogP contribution in [0.25, 0.3) is 11.1 Å². The van der Waals surface area contributed by atoms with Crippen LogP contribution in [0.15, 0.2) is 24.4 Å². The summed E-state index contributed by atoms with van der Waals surface area (Å²) in [6.07, 6.45) is 3.43. The van der Waals surface area contributed by atoms with Gasteiger partial charge in [0.25, 0.3) is 5.91 Å². The fourth-order valence-corrected chi connectivity index (χ4v) is 3.66. The topological polar surface area (TPSA) is 77.1 Å². The van der Waals surface area contributed by atoms with Crippen LogP contribution in [0.3, 0.4) is 0 Å². The highest BCUT2D eigenvalue weighted by Crippen LogP contribution is 2.41. The van der Waals surface area contributed by atoms with Crippen molar-refractivity contribution >= 4 is 17.4 Å². The molecule has 2 aromatic rings. The number of benzene rings is 1. The smallest absolute Gasteiger partial charge is 0.250 e. The molecule has 0 unspecified atom stereocenters. The van der Waals surface area contributed by atoms with Crippen LogP contribution in [0, 0.1) is 5.41 Å². The van der Waals surface area contributed by atoms with Gasteiger partial charge in [-0.2, -0.15) is 0 Å². The molecule has 1 amide bonds. The first-order chi connectivity index (χ1) is 11.2. The first-order valence-electron chi connectivity index (χ1n) is 8.07. The van der Waals surface area contributed by atoms with E-state index in [0.717, 1.165) is 28.8 Å². The average Bonchev–Trinajstić information content (AvgIpc) is 2.81. The normalized spacial score (nSPS) is 15.9. The summed E-state index contributed by atoms with van der Waals surface area (Å²) in [5.74, 6) is -0.269. The van der Waals surface area contributed by atoms with Gasteiger partial charge in [-0.3, -0.25) is 9.59 Å². The first kappa shape index (κ1) is 16.3. The molecule has 1 aliphatic carbocycles.